The first-order valence-electron chi connectivity index (χ1n) is 10.7. The van der Waals surface area contributed by atoms with Crippen LogP contribution in [0.4, 0.5) is 11.5 Å². The Kier molecular flexibility index (Phi) is 8.29. The largest absolute Gasteiger partial charge is 0.354 e. The standard InChI is InChI=1S/C21H31N9O.HI/c1-22-21(29-10-11-30(20(31)16-29)18-14-25-27(3)15-18)24-13-17-4-5-19(23-12-17)28-8-6-26(2)7-9-28;/h4-5,12,14-15H,6-11,13,16H2,1-3H3,(H,22,24);1H. The van der Waals surface area contributed by atoms with Crippen molar-refractivity contribution in [2.75, 3.05) is 69.7 Å². The molecular formula is C21H32IN9O. The number of nitrogens with one attached hydrogen (secondary N) is 1. The van der Waals surface area contributed by atoms with Gasteiger partial charge in [-0.05, 0) is 18.7 Å². The lowest BCUT2D eigenvalue weighted by molar-refractivity contribution is -0.120. The van der Waals surface area contributed by atoms with E-state index in [0.717, 1.165) is 49.2 Å². The summed E-state index contributed by atoms with van der Waals surface area (Å²) in [5, 5.41) is 7.53. The Bertz CT molecular complexity index is 922. The Hall–Kier alpha value is -2.41. The Labute approximate surface area is 206 Å². The number of pyridine rings is 1. The third kappa shape index (κ3) is 5.68. The first-order chi connectivity index (χ1) is 15.0. The molecular weight excluding hydrogens is 521 g/mol. The first kappa shape index (κ1) is 24.2. The van der Waals surface area contributed by atoms with Gasteiger partial charge in [-0.2, -0.15) is 5.10 Å². The number of piperazine rings is 2. The third-order valence-corrected chi connectivity index (χ3v) is 5.82. The summed E-state index contributed by atoms with van der Waals surface area (Å²) >= 11 is 0. The van der Waals surface area contributed by atoms with Crippen molar-refractivity contribution in [1.82, 2.24) is 29.9 Å². The lowest BCUT2D eigenvalue weighted by atomic mass is 10.2. The molecule has 4 heterocycles. The van der Waals surface area contributed by atoms with E-state index < -0.39 is 0 Å². The number of nitrogens with zero attached hydrogens (tertiary/aromatic N) is 8. The molecule has 0 saturated carbocycles. The van der Waals surface area contributed by atoms with E-state index in [1.807, 2.05) is 24.3 Å². The van der Waals surface area contributed by atoms with Crippen molar-refractivity contribution in [2.24, 2.45) is 12.0 Å². The smallest absolute Gasteiger partial charge is 0.246 e. The topological polar surface area (TPSA) is 85.1 Å². The van der Waals surface area contributed by atoms with Crippen molar-refractivity contribution in [1.29, 1.82) is 0 Å². The molecule has 2 aromatic heterocycles. The molecule has 1 amide bonds. The van der Waals surface area contributed by atoms with E-state index in [9.17, 15) is 4.79 Å². The minimum Gasteiger partial charge on any atom is -0.354 e. The summed E-state index contributed by atoms with van der Waals surface area (Å²) in [5.41, 5.74) is 1.92. The highest BCUT2D eigenvalue weighted by atomic mass is 127. The second kappa shape index (κ2) is 10.9. The Morgan fingerprint density at radius 1 is 1.09 bits per heavy atom. The molecule has 0 aromatic carbocycles. The second-order valence-electron chi connectivity index (χ2n) is 8.05. The molecule has 2 aromatic rings. The molecule has 32 heavy (non-hydrogen) atoms. The molecule has 2 saturated heterocycles. The summed E-state index contributed by atoms with van der Waals surface area (Å²) in [7, 11) is 5.75. The summed E-state index contributed by atoms with van der Waals surface area (Å²) < 4.78 is 1.71. The maximum absolute atomic E-state index is 12.7. The summed E-state index contributed by atoms with van der Waals surface area (Å²) in [6, 6.07) is 4.19. The van der Waals surface area contributed by atoms with E-state index in [2.05, 4.69) is 49.4 Å². The van der Waals surface area contributed by atoms with Gasteiger partial charge < -0.3 is 24.9 Å². The van der Waals surface area contributed by atoms with Gasteiger partial charge in [0.1, 0.15) is 12.4 Å². The van der Waals surface area contributed by atoms with E-state index in [1.165, 1.54) is 0 Å². The van der Waals surface area contributed by atoms with Crippen molar-refractivity contribution in [3.63, 3.8) is 0 Å². The van der Waals surface area contributed by atoms with Crippen LogP contribution < -0.4 is 15.1 Å². The monoisotopic (exact) mass is 553 g/mol. The lowest BCUT2D eigenvalue weighted by Crippen LogP contribution is -2.55. The van der Waals surface area contributed by atoms with E-state index in [-0.39, 0.29) is 36.4 Å². The zero-order valence-corrected chi connectivity index (χ0v) is 21.3. The van der Waals surface area contributed by atoms with E-state index in [1.54, 1.807) is 22.8 Å². The van der Waals surface area contributed by atoms with Crippen molar-refractivity contribution in [3.05, 3.63) is 36.3 Å². The number of aromatic nitrogens is 3. The quantitative estimate of drug-likeness (QED) is 0.338. The van der Waals surface area contributed by atoms with Crippen LogP contribution >= 0.6 is 24.0 Å². The van der Waals surface area contributed by atoms with Gasteiger partial charge >= 0.3 is 0 Å². The fourth-order valence-corrected chi connectivity index (χ4v) is 3.93. The average Bonchev–Trinajstić information content (AvgIpc) is 3.21. The van der Waals surface area contributed by atoms with Crippen LogP contribution in [0.5, 0.6) is 0 Å². The zero-order chi connectivity index (χ0) is 21.8. The lowest BCUT2D eigenvalue weighted by Gasteiger charge is -2.35. The molecule has 0 unspecified atom stereocenters. The van der Waals surface area contributed by atoms with Gasteiger partial charge in [0, 0.05) is 72.3 Å². The fraction of sp³-hybridized carbons (Fsp3) is 0.524. The maximum atomic E-state index is 12.7. The van der Waals surface area contributed by atoms with Crippen molar-refractivity contribution in [2.45, 2.75) is 6.54 Å². The summed E-state index contributed by atoms with van der Waals surface area (Å²) in [4.78, 5) is 30.1. The van der Waals surface area contributed by atoms with E-state index >= 15 is 0 Å². The van der Waals surface area contributed by atoms with Gasteiger partial charge in [0.25, 0.3) is 0 Å². The number of hydrogen-bond donors (Lipinski definition) is 1. The van der Waals surface area contributed by atoms with Crippen LogP contribution in [0.1, 0.15) is 5.56 Å². The van der Waals surface area contributed by atoms with Gasteiger partial charge in [-0.1, -0.05) is 6.07 Å². The van der Waals surface area contributed by atoms with Gasteiger partial charge in [0.2, 0.25) is 5.91 Å². The van der Waals surface area contributed by atoms with Gasteiger partial charge in [0.15, 0.2) is 5.96 Å². The Balaban J connectivity index is 0.00000289. The highest BCUT2D eigenvalue weighted by Gasteiger charge is 2.27. The van der Waals surface area contributed by atoms with Crippen LogP contribution in [-0.2, 0) is 18.4 Å². The number of carbonyl (C=O) groups excluding carboxylic acids is 1. The number of aryl methyl sites for hydroxylation is 1. The predicted molar refractivity (Wildman–Crippen MR) is 137 cm³/mol. The number of rotatable bonds is 4. The highest BCUT2D eigenvalue weighted by Crippen LogP contribution is 2.16. The summed E-state index contributed by atoms with van der Waals surface area (Å²) in [6.07, 6.45) is 5.50. The Morgan fingerprint density at radius 2 is 1.88 bits per heavy atom. The van der Waals surface area contributed by atoms with E-state index in [4.69, 9.17) is 0 Å². The minimum absolute atomic E-state index is 0. The average molecular weight is 553 g/mol. The number of amides is 1. The first-order valence-corrected chi connectivity index (χ1v) is 10.7. The molecule has 0 aliphatic carbocycles. The SMILES string of the molecule is CN=C(NCc1ccc(N2CCN(C)CC2)nc1)N1CCN(c2cnn(C)c2)C(=O)C1.I. The van der Waals surface area contributed by atoms with Gasteiger partial charge in [-0.3, -0.25) is 14.5 Å². The van der Waals surface area contributed by atoms with Crippen LogP contribution in [0.3, 0.4) is 0 Å². The van der Waals surface area contributed by atoms with Crippen LogP contribution in [0, 0.1) is 0 Å². The van der Waals surface area contributed by atoms with Crippen LogP contribution in [0.25, 0.3) is 0 Å². The van der Waals surface area contributed by atoms with Crippen LogP contribution in [-0.4, -0.2) is 96.3 Å². The molecule has 10 nitrogen and oxygen atoms in total. The molecule has 2 aliphatic heterocycles. The van der Waals surface area contributed by atoms with Crippen LogP contribution in [0.2, 0.25) is 0 Å². The molecule has 0 atom stereocenters. The van der Waals surface area contributed by atoms with Crippen LogP contribution in [0.15, 0.2) is 35.7 Å². The molecule has 174 valence electrons. The van der Waals surface area contributed by atoms with Gasteiger partial charge in [-0.15, -0.1) is 24.0 Å². The Morgan fingerprint density at radius 3 is 2.47 bits per heavy atom. The zero-order valence-electron chi connectivity index (χ0n) is 18.9. The molecule has 1 N–H and O–H groups in total. The molecule has 11 heteroatoms. The summed E-state index contributed by atoms with van der Waals surface area (Å²) in [6.45, 7) is 6.35. The number of aliphatic imine (C=N–C) groups is 1. The maximum Gasteiger partial charge on any atom is 0.246 e. The van der Waals surface area contributed by atoms with Gasteiger partial charge in [0.05, 0.1) is 11.9 Å². The predicted octanol–water partition coefficient (Wildman–Crippen LogP) is 0.609. The summed E-state index contributed by atoms with van der Waals surface area (Å²) in [5.74, 6) is 1.79. The molecule has 2 aliphatic rings. The number of carbonyl (C=O) groups is 1. The molecule has 0 bridgehead atoms. The van der Waals surface area contributed by atoms with Crippen molar-refractivity contribution >= 4 is 47.3 Å². The molecule has 0 spiro atoms. The minimum atomic E-state index is 0. The number of likely N-dealkylation sites (N-methyl/N-ethyl adjacent to an activating group) is 1. The molecule has 2 fully saturated rings. The third-order valence-electron chi connectivity index (χ3n) is 5.82. The number of guanidine groups is 1. The normalized spacial score (nSPS) is 18.0. The number of hydrogen-bond acceptors (Lipinski definition) is 6. The molecule has 4 rings (SSSR count). The van der Waals surface area contributed by atoms with Crippen molar-refractivity contribution in [3.8, 4) is 0 Å². The number of halogens is 1. The van der Waals surface area contributed by atoms with Gasteiger partial charge in [-0.25, -0.2) is 4.98 Å². The van der Waals surface area contributed by atoms with E-state index in [0.29, 0.717) is 19.6 Å². The number of anilines is 2. The highest BCUT2D eigenvalue weighted by molar-refractivity contribution is 14.0. The fourth-order valence-electron chi connectivity index (χ4n) is 3.93. The second-order valence-corrected chi connectivity index (χ2v) is 8.05. The molecule has 0 radical (unpaired) electrons. The van der Waals surface area contributed by atoms with Crippen molar-refractivity contribution < 1.29 is 4.79 Å².